The summed E-state index contributed by atoms with van der Waals surface area (Å²) >= 11 is 0. The molecule has 3 rings (SSSR count). The van der Waals surface area contributed by atoms with Crippen molar-refractivity contribution in [1.82, 2.24) is 10.2 Å². The van der Waals surface area contributed by atoms with Crippen molar-refractivity contribution in [2.45, 2.75) is 31.1 Å². The molecule has 1 aromatic carbocycles. The first kappa shape index (κ1) is 14.7. The lowest BCUT2D eigenvalue weighted by molar-refractivity contribution is -0.133. The lowest BCUT2D eigenvalue weighted by Gasteiger charge is -2.32. The maximum Gasteiger partial charge on any atom is 0.347 e. The first-order valence-corrected chi connectivity index (χ1v) is 8.83. The van der Waals surface area contributed by atoms with Crippen molar-refractivity contribution >= 4 is 13.5 Å². The molecule has 2 atom stereocenters. The Bertz CT molecular complexity index is 600. The SMILES string of the molecule is O=C([C@H]1NCCc2ccccc21)N1CCC[C@H]1P(=O)(O)O. The average molecular weight is 310 g/mol. The Morgan fingerprint density at radius 3 is 2.86 bits per heavy atom. The van der Waals surface area contributed by atoms with Gasteiger partial charge in [0.15, 0.2) is 0 Å². The van der Waals surface area contributed by atoms with Gasteiger partial charge in [0.2, 0.25) is 5.91 Å². The Morgan fingerprint density at radius 2 is 2.10 bits per heavy atom. The Kier molecular flexibility index (Phi) is 3.88. The van der Waals surface area contributed by atoms with Crippen LogP contribution in [-0.4, -0.2) is 39.5 Å². The third-order valence-electron chi connectivity index (χ3n) is 4.25. The number of rotatable bonds is 2. The molecule has 1 fully saturated rings. The van der Waals surface area contributed by atoms with Gasteiger partial charge in [-0.05, 0) is 30.4 Å². The van der Waals surface area contributed by atoms with Gasteiger partial charge in [-0.3, -0.25) is 9.36 Å². The van der Waals surface area contributed by atoms with Crippen LogP contribution in [0.25, 0.3) is 0 Å². The van der Waals surface area contributed by atoms with Crippen LogP contribution >= 0.6 is 7.60 Å². The second-order valence-corrected chi connectivity index (χ2v) is 7.35. The molecule has 0 saturated carbocycles. The van der Waals surface area contributed by atoms with E-state index in [-0.39, 0.29) is 5.91 Å². The van der Waals surface area contributed by atoms with E-state index in [2.05, 4.69) is 5.32 Å². The molecule has 0 bridgehead atoms. The third-order valence-corrected chi connectivity index (χ3v) is 5.56. The zero-order valence-corrected chi connectivity index (χ0v) is 12.5. The monoisotopic (exact) mass is 310 g/mol. The summed E-state index contributed by atoms with van der Waals surface area (Å²) in [5.41, 5.74) is 2.05. The summed E-state index contributed by atoms with van der Waals surface area (Å²) in [6.45, 7) is 1.11. The molecule has 3 N–H and O–H groups in total. The van der Waals surface area contributed by atoms with Gasteiger partial charge >= 0.3 is 7.60 Å². The maximum absolute atomic E-state index is 12.7. The van der Waals surface area contributed by atoms with Crippen LogP contribution in [0.1, 0.15) is 30.0 Å². The van der Waals surface area contributed by atoms with E-state index in [1.807, 2.05) is 24.3 Å². The molecule has 2 aliphatic rings. The van der Waals surface area contributed by atoms with Crippen LogP contribution in [0.15, 0.2) is 24.3 Å². The van der Waals surface area contributed by atoms with E-state index >= 15 is 0 Å². The number of nitrogens with zero attached hydrogens (tertiary/aromatic N) is 1. The van der Waals surface area contributed by atoms with Gasteiger partial charge in [0.05, 0.1) is 0 Å². The molecule has 0 aromatic heterocycles. The van der Waals surface area contributed by atoms with Gasteiger partial charge in [0, 0.05) is 13.1 Å². The molecule has 1 saturated heterocycles. The lowest BCUT2D eigenvalue weighted by Crippen LogP contribution is -2.45. The molecule has 1 amide bonds. The second-order valence-electron chi connectivity index (χ2n) is 5.58. The largest absolute Gasteiger partial charge is 0.347 e. The zero-order valence-electron chi connectivity index (χ0n) is 11.6. The van der Waals surface area contributed by atoms with Crippen molar-refractivity contribution in [3.63, 3.8) is 0 Å². The molecule has 6 nitrogen and oxygen atoms in total. The highest BCUT2D eigenvalue weighted by molar-refractivity contribution is 7.52. The van der Waals surface area contributed by atoms with Gasteiger partial charge in [-0.1, -0.05) is 24.3 Å². The number of hydrogen-bond acceptors (Lipinski definition) is 3. The third kappa shape index (κ3) is 2.77. The number of carbonyl (C=O) groups is 1. The van der Waals surface area contributed by atoms with E-state index in [1.54, 1.807) is 0 Å². The summed E-state index contributed by atoms with van der Waals surface area (Å²) in [6, 6.07) is 7.24. The number of carbonyl (C=O) groups excluding carboxylic acids is 1. The van der Waals surface area contributed by atoms with Crippen molar-refractivity contribution in [3.05, 3.63) is 35.4 Å². The van der Waals surface area contributed by atoms with E-state index in [9.17, 15) is 19.1 Å². The fourth-order valence-corrected chi connectivity index (χ4v) is 4.36. The number of likely N-dealkylation sites (tertiary alicyclic amines) is 1. The molecule has 0 spiro atoms. The predicted octanol–water partition coefficient (Wildman–Crippen LogP) is 1.000. The van der Waals surface area contributed by atoms with Crippen LogP contribution in [0.3, 0.4) is 0 Å². The highest BCUT2D eigenvalue weighted by Gasteiger charge is 2.43. The molecule has 2 aliphatic heterocycles. The van der Waals surface area contributed by atoms with Crippen LogP contribution in [-0.2, 0) is 15.8 Å². The average Bonchev–Trinajstić information content (AvgIpc) is 2.95. The van der Waals surface area contributed by atoms with Gasteiger partial charge in [0.25, 0.3) is 0 Å². The molecule has 21 heavy (non-hydrogen) atoms. The number of fused-ring (bicyclic) bond motifs is 1. The minimum Gasteiger partial charge on any atom is -0.326 e. The Labute approximate surface area is 123 Å². The van der Waals surface area contributed by atoms with E-state index in [1.165, 1.54) is 4.90 Å². The molecule has 0 aliphatic carbocycles. The van der Waals surface area contributed by atoms with Crippen LogP contribution in [0.5, 0.6) is 0 Å². The Hall–Kier alpha value is -1.20. The molecule has 2 heterocycles. The van der Waals surface area contributed by atoms with Crippen molar-refractivity contribution in [2.24, 2.45) is 0 Å². The summed E-state index contributed by atoms with van der Waals surface area (Å²) in [5, 5.41) is 3.18. The summed E-state index contributed by atoms with van der Waals surface area (Å²) in [7, 11) is -4.28. The minimum absolute atomic E-state index is 0.229. The van der Waals surface area contributed by atoms with Crippen molar-refractivity contribution in [3.8, 4) is 0 Å². The summed E-state index contributed by atoms with van der Waals surface area (Å²) in [5.74, 6) is -1.20. The van der Waals surface area contributed by atoms with Crippen LogP contribution in [0, 0.1) is 0 Å². The highest BCUT2D eigenvalue weighted by Crippen LogP contribution is 2.48. The van der Waals surface area contributed by atoms with Crippen LogP contribution in [0.4, 0.5) is 0 Å². The normalized spacial score (nSPS) is 25.7. The predicted molar refractivity (Wildman–Crippen MR) is 77.7 cm³/mol. The first-order valence-electron chi connectivity index (χ1n) is 7.15. The van der Waals surface area contributed by atoms with E-state index in [0.29, 0.717) is 25.9 Å². The fourth-order valence-electron chi connectivity index (χ4n) is 3.25. The van der Waals surface area contributed by atoms with Gasteiger partial charge in [-0.25, -0.2) is 0 Å². The number of benzene rings is 1. The van der Waals surface area contributed by atoms with Gasteiger partial charge in [-0.2, -0.15) is 0 Å². The Morgan fingerprint density at radius 1 is 1.33 bits per heavy atom. The van der Waals surface area contributed by atoms with Gasteiger partial charge in [-0.15, -0.1) is 0 Å². The van der Waals surface area contributed by atoms with Crippen LogP contribution in [0.2, 0.25) is 0 Å². The van der Waals surface area contributed by atoms with E-state index < -0.39 is 19.4 Å². The van der Waals surface area contributed by atoms with Crippen molar-refractivity contribution in [1.29, 1.82) is 0 Å². The number of nitrogens with one attached hydrogen (secondary N) is 1. The maximum atomic E-state index is 12.7. The van der Waals surface area contributed by atoms with Gasteiger partial charge < -0.3 is 20.0 Å². The summed E-state index contributed by atoms with van der Waals surface area (Å²) in [6.07, 6.45) is 1.86. The molecule has 0 unspecified atom stereocenters. The van der Waals surface area contributed by atoms with E-state index in [4.69, 9.17) is 0 Å². The number of amides is 1. The molecular formula is C14H19N2O4P. The molecule has 0 radical (unpaired) electrons. The fraction of sp³-hybridized carbons (Fsp3) is 0.500. The Balaban J connectivity index is 1.88. The van der Waals surface area contributed by atoms with Gasteiger partial charge in [0.1, 0.15) is 11.8 Å². The molecular weight excluding hydrogens is 291 g/mol. The van der Waals surface area contributed by atoms with Crippen molar-refractivity contribution < 1.29 is 19.1 Å². The standard InChI is InChI=1S/C14H19N2O4P/c17-14(16-9-3-6-12(16)21(18,19)20)13-11-5-2-1-4-10(11)7-8-15-13/h1-2,4-5,12-13,15H,3,6-9H2,(H2,18,19,20)/t12-,13+/m1/s1. The minimum atomic E-state index is -4.28. The molecule has 114 valence electrons. The van der Waals surface area contributed by atoms with Crippen LogP contribution < -0.4 is 5.32 Å². The lowest BCUT2D eigenvalue weighted by atomic mass is 9.93. The zero-order chi connectivity index (χ0) is 15.0. The topological polar surface area (TPSA) is 89.9 Å². The molecule has 7 heteroatoms. The number of hydrogen-bond donors (Lipinski definition) is 3. The summed E-state index contributed by atoms with van der Waals surface area (Å²) in [4.78, 5) is 33.0. The van der Waals surface area contributed by atoms with Crippen molar-refractivity contribution in [2.75, 3.05) is 13.1 Å². The smallest absolute Gasteiger partial charge is 0.326 e. The quantitative estimate of drug-likeness (QED) is 0.709. The first-order chi connectivity index (χ1) is 9.98. The summed E-state index contributed by atoms with van der Waals surface area (Å²) < 4.78 is 11.6. The van der Waals surface area contributed by atoms with E-state index in [0.717, 1.165) is 17.5 Å². The highest BCUT2D eigenvalue weighted by atomic mass is 31.2. The second kappa shape index (κ2) is 5.54. The molecule has 1 aromatic rings.